The number of sulfone groups is 1. The standard InChI is InChI=1S/C16H16N2O5S/c1-24(22,23)11-13-4-2-3-12(9-13)10-17-16(19)14-5-7-15(8-6-14)18(20)21/h2-9H,10-11H2,1H3,(H,17,19). The lowest BCUT2D eigenvalue weighted by Crippen LogP contribution is -2.22. The molecule has 0 spiro atoms. The van der Waals surface area contributed by atoms with Crippen LogP contribution >= 0.6 is 0 Å². The van der Waals surface area contributed by atoms with Crippen molar-refractivity contribution in [2.75, 3.05) is 6.26 Å². The summed E-state index contributed by atoms with van der Waals surface area (Å²) in [6.45, 7) is 0.230. The Balaban J connectivity index is 2.01. The first-order valence-electron chi connectivity index (χ1n) is 7.03. The second-order valence-corrected chi connectivity index (χ2v) is 7.52. The summed E-state index contributed by atoms with van der Waals surface area (Å²) >= 11 is 0. The van der Waals surface area contributed by atoms with E-state index in [2.05, 4.69) is 5.32 Å². The number of nitrogens with zero attached hydrogens (tertiary/aromatic N) is 1. The van der Waals surface area contributed by atoms with Gasteiger partial charge in [-0.2, -0.15) is 0 Å². The molecule has 0 bridgehead atoms. The first-order chi connectivity index (χ1) is 11.2. The number of nitro groups is 1. The van der Waals surface area contributed by atoms with Gasteiger partial charge in [0.25, 0.3) is 11.6 Å². The monoisotopic (exact) mass is 348 g/mol. The van der Waals surface area contributed by atoms with E-state index in [1.807, 2.05) is 0 Å². The van der Waals surface area contributed by atoms with Gasteiger partial charge in [0.1, 0.15) is 0 Å². The zero-order valence-corrected chi connectivity index (χ0v) is 13.7. The summed E-state index contributed by atoms with van der Waals surface area (Å²) in [5, 5.41) is 13.3. The number of nitro benzene ring substituents is 1. The van der Waals surface area contributed by atoms with Crippen molar-refractivity contribution >= 4 is 21.4 Å². The average molecular weight is 348 g/mol. The first-order valence-corrected chi connectivity index (χ1v) is 9.09. The summed E-state index contributed by atoms with van der Waals surface area (Å²) < 4.78 is 22.6. The van der Waals surface area contributed by atoms with Crippen molar-refractivity contribution in [3.63, 3.8) is 0 Å². The molecule has 2 rings (SSSR count). The van der Waals surface area contributed by atoms with Gasteiger partial charge >= 0.3 is 0 Å². The van der Waals surface area contributed by atoms with E-state index < -0.39 is 14.8 Å². The van der Waals surface area contributed by atoms with Crippen LogP contribution in [0, 0.1) is 10.1 Å². The third kappa shape index (κ3) is 5.17. The summed E-state index contributed by atoms with van der Waals surface area (Å²) in [4.78, 5) is 22.1. The molecule has 0 unspecified atom stereocenters. The Bertz CT molecular complexity index is 860. The van der Waals surface area contributed by atoms with E-state index in [0.717, 1.165) is 11.8 Å². The molecule has 0 aliphatic heterocycles. The van der Waals surface area contributed by atoms with Crippen LogP contribution in [-0.4, -0.2) is 25.5 Å². The van der Waals surface area contributed by atoms with Crippen molar-refractivity contribution in [3.8, 4) is 0 Å². The van der Waals surface area contributed by atoms with Crippen LogP contribution < -0.4 is 5.32 Å². The highest BCUT2D eigenvalue weighted by Gasteiger charge is 2.10. The van der Waals surface area contributed by atoms with Gasteiger partial charge in [-0.25, -0.2) is 8.42 Å². The van der Waals surface area contributed by atoms with Crippen LogP contribution in [0.25, 0.3) is 0 Å². The number of benzene rings is 2. The molecule has 1 amide bonds. The maximum absolute atomic E-state index is 12.0. The number of rotatable bonds is 6. The topological polar surface area (TPSA) is 106 Å². The van der Waals surface area contributed by atoms with E-state index in [-0.39, 0.29) is 23.9 Å². The smallest absolute Gasteiger partial charge is 0.269 e. The van der Waals surface area contributed by atoms with Crippen molar-refractivity contribution < 1.29 is 18.1 Å². The van der Waals surface area contributed by atoms with Gasteiger partial charge in [-0.3, -0.25) is 14.9 Å². The molecule has 126 valence electrons. The molecule has 0 heterocycles. The van der Waals surface area contributed by atoms with Crippen molar-refractivity contribution in [2.45, 2.75) is 12.3 Å². The second-order valence-electron chi connectivity index (χ2n) is 5.38. The largest absolute Gasteiger partial charge is 0.348 e. The van der Waals surface area contributed by atoms with Gasteiger partial charge in [-0.15, -0.1) is 0 Å². The molecule has 0 saturated heterocycles. The predicted octanol–water partition coefficient (Wildman–Crippen LogP) is 2.07. The highest BCUT2D eigenvalue weighted by molar-refractivity contribution is 7.89. The second kappa shape index (κ2) is 7.22. The summed E-state index contributed by atoms with van der Waals surface area (Å²) in [5.41, 5.74) is 1.65. The summed E-state index contributed by atoms with van der Waals surface area (Å²) in [6, 6.07) is 12.2. The normalized spacial score (nSPS) is 11.0. The molecule has 7 nitrogen and oxygen atoms in total. The lowest BCUT2D eigenvalue weighted by molar-refractivity contribution is -0.384. The van der Waals surface area contributed by atoms with Gasteiger partial charge in [-0.05, 0) is 23.3 Å². The van der Waals surface area contributed by atoms with Crippen LogP contribution in [-0.2, 0) is 22.1 Å². The van der Waals surface area contributed by atoms with Gasteiger partial charge in [0.05, 0.1) is 10.7 Å². The zero-order valence-electron chi connectivity index (χ0n) is 12.9. The van der Waals surface area contributed by atoms with E-state index in [1.165, 1.54) is 24.3 Å². The molecule has 0 atom stereocenters. The Labute approximate surface area is 139 Å². The first kappa shape index (κ1) is 17.6. The fraction of sp³-hybridized carbons (Fsp3) is 0.188. The third-order valence-corrected chi connectivity index (χ3v) is 4.07. The highest BCUT2D eigenvalue weighted by atomic mass is 32.2. The Morgan fingerprint density at radius 3 is 2.33 bits per heavy atom. The fourth-order valence-corrected chi connectivity index (χ4v) is 2.94. The molecule has 0 aliphatic carbocycles. The Hall–Kier alpha value is -2.74. The number of carbonyl (C=O) groups is 1. The Morgan fingerprint density at radius 1 is 1.12 bits per heavy atom. The molecule has 24 heavy (non-hydrogen) atoms. The highest BCUT2D eigenvalue weighted by Crippen LogP contribution is 2.12. The van der Waals surface area contributed by atoms with Crippen molar-refractivity contribution in [1.29, 1.82) is 0 Å². The van der Waals surface area contributed by atoms with Crippen LogP contribution in [0.3, 0.4) is 0 Å². The van der Waals surface area contributed by atoms with E-state index in [1.54, 1.807) is 24.3 Å². The Kier molecular flexibility index (Phi) is 5.30. The molecular weight excluding hydrogens is 332 g/mol. The minimum absolute atomic E-state index is 0.0584. The van der Waals surface area contributed by atoms with Gasteiger partial charge in [-0.1, -0.05) is 24.3 Å². The van der Waals surface area contributed by atoms with Gasteiger partial charge in [0.2, 0.25) is 0 Å². The van der Waals surface area contributed by atoms with E-state index in [0.29, 0.717) is 11.1 Å². The van der Waals surface area contributed by atoms with Gasteiger partial charge in [0, 0.05) is 30.5 Å². The molecule has 0 fully saturated rings. The Morgan fingerprint density at radius 2 is 1.75 bits per heavy atom. The van der Waals surface area contributed by atoms with Crippen molar-refractivity contribution in [3.05, 3.63) is 75.3 Å². The minimum Gasteiger partial charge on any atom is -0.348 e. The van der Waals surface area contributed by atoms with Crippen LogP contribution in [0.2, 0.25) is 0 Å². The molecule has 1 N–H and O–H groups in total. The summed E-state index contributed by atoms with van der Waals surface area (Å²) in [5.74, 6) is -0.421. The SMILES string of the molecule is CS(=O)(=O)Cc1cccc(CNC(=O)c2ccc([N+](=O)[O-])cc2)c1. The fourth-order valence-electron chi connectivity index (χ4n) is 2.15. The number of non-ortho nitro benzene ring substituents is 1. The predicted molar refractivity (Wildman–Crippen MR) is 89.3 cm³/mol. The molecule has 0 aliphatic rings. The average Bonchev–Trinajstić information content (AvgIpc) is 2.51. The molecule has 0 saturated carbocycles. The number of nitrogens with one attached hydrogen (secondary N) is 1. The minimum atomic E-state index is -3.12. The van der Waals surface area contributed by atoms with Crippen LogP contribution in [0.4, 0.5) is 5.69 Å². The molecule has 0 aromatic heterocycles. The summed E-state index contributed by atoms with van der Waals surface area (Å²) in [7, 11) is -3.12. The van der Waals surface area contributed by atoms with Gasteiger partial charge in [0.15, 0.2) is 9.84 Å². The van der Waals surface area contributed by atoms with Crippen LogP contribution in [0.1, 0.15) is 21.5 Å². The zero-order chi connectivity index (χ0) is 17.7. The quantitative estimate of drug-likeness (QED) is 0.635. The van der Waals surface area contributed by atoms with Crippen molar-refractivity contribution in [2.24, 2.45) is 0 Å². The van der Waals surface area contributed by atoms with E-state index >= 15 is 0 Å². The van der Waals surface area contributed by atoms with Crippen LogP contribution in [0.15, 0.2) is 48.5 Å². The third-order valence-electron chi connectivity index (χ3n) is 3.21. The maximum atomic E-state index is 12.0. The molecule has 0 radical (unpaired) electrons. The maximum Gasteiger partial charge on any atom is 0.269 e. The van der Waals surface area contributed by atoms with Crippen LogP contribution in [0.5, 0.6) is 0 Å². The number of amides is 1. The molecular formula is C16H16N2O5S. The van der Waals surface area contributed by atoms with E-state index in [4.69, 9.17) is 0 Å². The lowest BCUT2D eigenvalue weighted by atomic mass is 10.1. The molecule has 2 aromatic rings. The molecule has 8 heteroatoms. The van der Waals surface area contributed by atoms with Gasteiger partial charge < -0.3 is 5.32 Å². The van der Waals surface area contributed by atoms with E-state index in [9.17, 15) is 23.3 Å². The van der Waals surface area contributed by atoms with Crippen molar-refractivity contribution in [1.82, 2.24) is 5.32 Å². The number of hydrogen-bond acceptors (Lipinski definition) is 5. The number of hydrogen-bond donors (Lipinski definition) is 1. The summed E-state index contributed by atoms with van der Waals surface area (Å²) in [6.07, 6.45) is 1.16. The molecule has 2 aromatic carbocycles. The lowest BCUT2D eigenvalue weighted by Gasteiger charge is -2.07. The number of carbonyl (C=O) groups excluding carboxylic acids is 1.